The minimum Gasteiger partial charge on any atom is -0.333 e. The predicted octanol–water partition coefficient (Wildman–Crippen LogP) is 4.82. The average molecular weight is 427 g/mol. The summed E-state index contributed by atoms with van der Waals surface area (Å²) in [5.74, 6) is -0.00586. The van der Waals surface area contributed by atoms with E-state index >= 15 is 0 Å². The Morgan fingerprint density at radius 1 is 0.793 bits per heavy atom. The quantitative estimate of drug-likeness (QED) is 0.466. The number of thiophene rings is 2. The molecule has 0 aliphatic rings. The molecule has 0 saturated carbocycles. The molecule has 3 rings (SSSR count). The molecule has 0 saturated heterocycles. The first-order valence-corrected chi connectivity index (χ1v) is 11.6. The first kappa shape index (κ1) is 21.3. The smallest absolute Gasteiger partial charge is 0.242 e. The third kappa shape index (κ3) is 6.54. The molecule has 2 amide bonds. The topological polar surface area (TPSA) is 40.6 Å². The number of hydrogen-bond donors (Lipinski definition) is 0. The minimum absolute atomic E-state index is 0.0124. The summed E-state index contributed by atoms with van der Waals surface area (Å²) >= 11 is 3.22. The van der Waals surface area contributed by atoms with Crippen molar-refractivity contribution in [3.63, 3.8) is 0 Å². The SMILES string of the molecule is CCCN(CC(=O)N(Cc1ccccc1)Cc1cccs1)C(=O)Cc1cccs1. The summed E-state index contributed by atoms with van der Waals surface area (Å²) in [7, 11) is 0. The Balaban J connectivity index is 1.70. The Kier molecular flexibility index (Phi) is 8.02. The number of benzene rings is 1. The zero-order valence-electron chi connectivity index (χ0n) is 16.6. The van der Waals surface area contributed by atoms with E-state index in [-0.39, 0.29) is 18.4 Å². The Labute approximate surface area is 180 Å². The van der Waals surface area contributed by atoms with Gasteiger partial charge in [0.1, 0.15) is 0 Å². The van der Waals surface area contributed by atoms with Gasteiger partial charge < -0.3 is 9.80 Å². The molecule has 0 bridgehead atoms. The highest BCUT2D eigenvalue weighted by molar-refractivity contribution is 7.10. The van der Waals surface area contributed by atoms with E-state index in [0.717, 1.165) is 21.7 Å². The van der Waals surface area contributed by atoms with E-state index in [2.05, 4.69) is 0 Å². The van der Waals surface area contributed by atoms with Crippen LogP contribution in [0.3, 0.4) is 0 Å². The second-order valence-corrected chi connectivity index (χ2v) is 8.95. The number of hydrogen-bond acceptors (Lipinski definition) is 4. The molecule has 0 atom stereocenters. The molecule has 4 nitrogen and oxygen atoms in total. The van der Waals surface area contributed by atoms with Gasteiger partial charge >= 0.3 is 0 Å². The van der Waals surface area contributed by atoms with Crippen molar-refractivity contribution >= 4 is 34.5 Å². The van der Waals surface area contributed by atoms with Crippen LogP contribution in [-0.2, 0) is 29.1 Å². The molecule has 6 heteroatoms. The monoisotopic (exact) mass is 426 g/mol. The molecule has 2 aromatic heterocycles. The van der Waals surface area contributed by atoms with Gasteiger partial charge in [0, 0.05) is 22.8 Å². The van der Waals surface area contributed by atoms with Crippen LogP contribution in [-0.4, -0.2) is 34.7 Å². The molecule has 2 heterocycles. The van der Waals surface area contributed by atoms with Crippen LogP contribution in [0.4, 0.5) is 0 Å². The van der Waals surface area contributed by atoms with Gasteiger partial charge in [-0.3, -0.25) is 9.59 Å². The average Bonchev–Trinajstić information content (AvgIpc) is 3.42. The summed E-state index contributed by atoms with van der Waals surface area (Å²) in [6.45, 7) is 3.84. The number of amides is 2. The number of rotatable bonds is 10. The van der Waals surface area contributed by atoms with Gasteiger partial charge in [0.2, 0.25) is 11.8 Å². The molecule has 0 fully saturated rings. The maximum absolute atomic E-state index is 13.2. The zero-order chi connectivity index (χ0) is 20.5. The standard InChI is InChI=1S/C23H26N2O2S2/c1-2-12-24(22(26)15-20-10-6-13-28-20)18-23(27)25(17-21-11-7-14-29-21)16-19-8-4-3-5-9-19/h3-11,13-14H,2,12,15-18H2,1H3. The van der Waals surface area contributed by atoms with Gasteiger partial charge in [-0.15, -0.1) is 22.7 Å². The lowest BCUT2D eigenvalue weighted by atomic mass is 10.2. The van der Waals surface area contributed by atoms with Crippen LogP contribution in [0, 0.1) is 0 Å². The van der Waals surface area contributed by atoms with E-state index in [1.165, 1.54) is 0 Å². The van der Waals surface area contributed by atoms with Crippen molar-refractivity contribution in [1.29, 1.82) is 0 Å². The molecule has 152 valence electrons. The van der Waals surface area contributed by atoms with Crippen LogP contribution in [0.25, 0.3) is 0 Å². The van der Waals surface area contributed by atoms with Crippen molar-refractivity contribution in [2.45, 2.75) is 32.9 Å². The van der Waals surface area contributed by atoms with Crippen LogP contribution < -0.4 is 0 Å². The summed E-state index contributed by atoms with van der Waals surface area (Å²) in [5.41, 5.74) is 1.09. The molecule has 0 unspecified atom stereocenters. The maximum atomic E-state index is 13.2. The fourth-order valence-electron chi connectivity index (χ4n) is 3.13. The highest BCUT2D eigenvalue weighted by Gasteiger charge is 2.22. The number of carbonyl (C=O) groups is 2. The van der Waals surface area contributed by atoms with Gasteiger partial charge in [-0.2, -0.15) is 0 Å². The molecule has 0 N–H and O–H groups in total. The Bertz CT molecular complexity index is 877. The largest absolute Gasteiger partial charge is 0.333 e. The lowest BCUT2D eigenvalue weighted by Gasteiger charge is -2.27. The van der Waals surface area contributed by atoms with E-state index < -0.39 is 0 Å². The third-order valence-corrected chi connectivity index (χ3v) is 6.31. The second kappa shape index (κ2) is 10.9. The molecule has 3 aromatic rings. The third-order valence-electron chi connectivity index (χ3n) is 4.57. The van der Waals surface area contributed by atoms with Crippen molar-refractivity contribution in [2.24, 2.45) is 0 Å². The molecular weight excluding hydrogens is 400 g/mol. The maximum Gasteiger partial charge on any atom is 0.242 e. The van der Waals surface area contributed by atoms with E-state index in [1.807, 2.05) is 77.2 Å². The molecule has 29 heavy (non-hydrogen) atoms. The predicted molar refractivity (Wildman–Crippen MR) is 120 cm³/mol. The second-order valence-electron chi connectivity index (χ2n) is 6.89. The van der Waals surface area contributed by atoms with Gasteiger partial charge in [0.15, 0.2) is 0 Å². The lowest BCUT2D eigenvalue weighted by molar-refractivity contribution is -0.140. The first-order chi connectivity index (χ1) is 14.2. The van der Waals surface area contributed by atoms with E-state index in [4.69, 9.17) is 0 Å². The van der Waals surface area contributed by atoms with Gasteiger partial charge in [0.05, 0.1) is 19.5 Å². The highest BCUT2D eigenvalue weighted by Crippen LogP contribution is 2.16. The molecule has 0 radical (unpaired) electrons. The van der Waals surface area contributed by atoms with Crippen molar-refractivity contribution in [3.05, 3.63) is 80.7 Å². The summed E-state index contributed by atoms with van der Waals surface area (Å²) in [5, 5.41) is 4.00. The Hall–Kier alpha value is -2.44. The molecule has 0 aliphatic carbocycles. The highest BCUT2D eigenvalue weighted by atomic mass is 32.1. The van der Waals surface area contributed by atoms with Gasteiger partial charge in [-0.1, -0.05) is 49.4 Å². The zero-order valence-corrected chi connectivity index (χ0v) is 18.3. The first-order valence-electron chi connectivity index (χ1n) is 9.80. The molecule has 0 spiro atoms. The van der Waals surface area contributed by atoms with Crippen LogP contribution in [0.1, 0.15) is 28.7 Å². The van der Waals surface area contributed by atoms with Crippen molar-refractivity contribution < 1.29 is 9.59 Å². The van der Waals surface area contributed by atoms with Crippen molar-refractivity contribution in [3.8, 4) is 0 Å². The van der Waals surface area contributed by atoms with Crippen LogP contribution in [0.15, 0.2) is 65.4 Å². The van der Waals surface area contributed by atoms with E-state index in [0.29, 0.717) is 26.1 Å². The normalized spacial score (nSPS) is 10.7. The summed E-state index contributed by atoms with van der Waals surface area (Å²) in [6, 6.07) is 18.0. The minimum atomic E-state index is -0.0183. The van der Waals surface area contributed by atoms with E-state index in [1.54, 1.807) is 27.6 Å². The van der Waals surface area contributed by atoms with E-state index in [9.17, 15) is 9.59 Å². The molecule has 0 aliphatic heterocycles. The van der Waals surface area contributed by atoms with Gasteiger partial charge in [0.25, 0.3) is 0 Å². The van der Waals surface area contributed by atoms with Gasteiger partial charge in [-0.25, -0.2) is 0 Å². The Morgan fingerprint density at radius 3 is 2.10 bits per heavy atom. The van der Waals surface area contributed by atoms with Crippen LogP contribution >= 0.6 is 22.7 Å². The van der Waals surface area contributed by atoms with Crippen molar-refractivity contribution in [2.75, 3.05) is 13.1 Å². The lowest BCUT2D eigenvalue weighted by Crippen LogP contribution is -2.43. The fraction of sp³-hybridized carbons (Fsp3) is 0.304. The van der Waals surface area contributed by atoms with Gasteiger partial charge in [-0.05, 0) is 34.9 Å². The molecule has 1 aromatic carbocycles. The fourth-order valence-corrected chi connectivity index (χ4v) is 4.54. The summed E-state index contributed by atoms with van der Waals surface area (Å²) in [6.07, 6.45) is 1.18. The van der Waals surface area contributed by atoms with Crippen LogP contribution in [0.2, 0.25) is 0 Å². The summed E-state index contributed by atoms with van der Waals surface area (Å²) < 4.78 is 0. The summed E-state index contributed by atoms with van der Waals surface area (Å²) in [4.78, 5) is 31.7. The van der Waals surface area contributed by atoms with Crippen LogP contribution in [0.5, 0.6) is 0 Å². The number of carbonyl (C=O) groups excluding carboxylic acids is 2. The Morgan fingerprint density at radius 2 is 1.48 bits per heavy atom. The van der Waals surface area contributed by atoms with Crippen molar-refractivity contribution in [1.82, 2.24) is 9.80 Å². The molecular formula is C23H26N2O2S2. The number of nitrogens with zero attached hydrogens (tertiary/aromatic N) is 2.